The number of aliphatic hydroxyl groups excluding tert-OH is 4. The molecule has 10 heteroatoms. The Morgan fingerprint density at radius 2 is 1.93 bits per heavy atom. The van der Waals surface area contributed by atoms with Crippen LogP contribution in [0.4, 0.5) is 0 Å². The Balaban J connectivity index is 1.82. The van der Waals surface area contributed by atoms with Gasteiger partial charge in [0.05, 0.1) is 31.5 Å². The second-order valence-electron chi connectivity index (χ2n) is 7.11. The number of hydrogen-bond acceptors (Lipinski definition) is 10. The number of Topliss-reactive ketones (excluding diaryl/α,β-unsaturated/α-hetero) is 1. The molecular weight excluding hydrogens is 364 g/mol. The standard InChI is InChI=1S/C17H24O10/c1-6-3-8(19)11-7(15(23)24-2)5-25-16(10(6)11)27-17-14(22)13(21)12(20)9(4-18)26-17/h5-6,9-14,16-18,20-22H,3-4H2,1-2H3/t6-,9-,10+,11-,12+,13+,14+,16-,17+/m0/s1. The number of hydrogen-bond donors (Lipinski definition) is 4. The van der Waals surface area contributed by atoms with Crippen LogP contribution in [-0.2, 0) is 28.5 Å². The van der Waals surface area contributed by atoms with Gasteiger partial charge in [-0.1, -0.05) is 6.92 Å². The molecule has 0 aromatic heterocycles. The van der Waals surface area contributed by atoms with Crippen molar-refractivity contribution in [3.63, 3.8) is 0 Å². The number of aliphatic hydroxyl groups is 4. The van der Waals surface area contributed by atoms with Gasteiger partial charge in [0.15, 0.2) is 6.29 Å². The van der Waals surface area contributed by atoms with Crippen molar-refractivity contribution < 1.29 is 49.0 Å². The van der Waals surface area contributed by atoms with E-state index < -0.39 is 61.4 Å². The summed E-state index contributed by atoms with van der Waals surface area (Å²) in [6.07, 6.45) is -6.93. The molecule has 152 valence electrons. The summed E-state index contributed by atoms with van der Waals surface area (Å²) in [4.78, 5) is 24.4. The molecule has 0 aromatic carbocycles. The van der Waals surface area contributed by atoms with E-state index in [0.29, 0.717) is 0 Å². The molecule has 1 saturated heterocycles. The lowest BCUT2D eigenvalue weighted by Gasteiger charge is -2.42. The molecule has 0 radical (unpaired) electrons. The maximum absolute atomic E-state index is 12.4. The van der Waals surface area contributed by atoms with E-state index in [9.17, 15) is 30.0 Å². The number of fused-ring (bicyclic) bond motifs is 1. The molecule has 3 aliphatic rings. The lowest BCUT2D eigenvalue weighted by molar-refractivity contribution is -0.342. The van der Waals surface area contributed by atoms with E-state index in [1.165, 1.54) is 7.11 Å². The minimum atomic E-state index is -1.59. The van der Waals surface area contributed by atoms with Gasteiger partial charge in [0, 0.05) is 12.3 Å². The number of methoxy groups -OCH3 is 1. The van der Waals surface area contributed by atoms with Crippen molar-refractivity contribution in [3.8, 4) is 0 Å². The normalized spacial score (nSPS) is 44.3. The molecule has 27 heavy (non-hydrogen) atoms. The molecule has 4 N–H and O–H groups in total. The van der Waals surface area contributed by atoms with Crippen LogP contribution in [0.2, 0.25) is 0 Å². The Bertz CT molecular complexity index is 617. The van der Waals surface area contributed by atoms with Crippen LogP contribution in [0, 0.1) is 17.8 Å². The van der Waals surface area contributed by atoms with Crippen LogP contribution in [0.5, 0.6) is 0 Å². The summed E-state index contributed by atoms with van der Waals surface area (Å²) in [6, 6.07) is 0. The van der Waals surface area contributed by atoms with Crippen molar-refractivity contribution >= 4 is 11.8 Å². The van der Waals surface area contributed by atoms with Gasteiger partial charge in [-0.05, 0) is 5.92 Å². The Labute approximate surface area is 155 Å². The van der Waals surface area contributed by atoms with Crippen molar-refractivity contribution in [2.75, 3.05) is 13.7 Å². The average molecular weight is 388 g/mol. The summed E-state index contributed by atoms with van der Waals surface area (Å²) in [5, 5.41) is 39.1. The quantitative estimate of drug-likeness (QED) is 0.400. The molecule has 9 atom stereocenters. The lowest BCUT2D eigenvalue weighted by atomic mass is 9.83. The first-order chi connectivity index (χ1) is 12.8. The number of rotatable bonds is 4. The summed E-state index contributed by atoms with van der Waals surface area (Å²) < 4.78 is 21.2. The van der Waals surface area contributed by atoms with Gasteiger partial charge >= 0.3 is 5.97 Å². The highest BCUT2D eigenvalue weighted by Gasteiger charge is 2.54. The first kappa shape index (κ1) is 20.2. The van der Waals surface area contributed by atoms with Gasteiger partial charge in [0.25, 0.3) is 0 Å². The van der Waals surface area contributed by atoms with E-state index in [1.807, 2.05) is 6.92 Å². The molecule has 10 nitrogen and oxygen atoms in total. The first-order valence-corrected chi connectivity index (χ1v) is 8.72. The fourth-order valence-electron chi connectivity index (χ4n) is 3.96. The maximum atomic E-state index is 12.4. The van der Waals surface area contributed by atoms with Crippen LogP contribution in [0.25, 0.3) is 0 Å². The zero-order valence-corrected chi connectivity index (χ0v) is 14.9. The third-order valence-electron chi connectivity index (χ3n) is 5.43. The van der Waals surface area contributed by atoms with Gasteiger partial charge < -0.3 is 39.4 Å². The third kappa shape index (κ3) is 3.48. The second kappa shape index (κ2) is 7.82. The van der Waals surface area contributed by atoms with Gasteiger partial charge in [-0.2, -0.15) is 0 Å². The van der Waals surface area contributed by atoms with Crippen LogP contribution < -0.4 is 0 Å². The Morgan fingerprint density at radius 3 is 2.56 bits per heavy atom. The summed E-state index contributed by atoms with van der Waals surface area (Å²) in [6.45, 7) is 1.22. The monoisotopic (exact) mass is 388 g/mol. The number of ketones is 1. The molecule has 3 rings (SSSR count). The fourth-order valence-corrected chi connectivity index (χ4v) is 3.96. The van der Waals surface area contributed by atoms with Crippen LogP contribution in [0.1, 0.15) is 13.3 Å². The Morgan fingerprint density at radius 1 is 1.22 bits per heavy atom. The summed E-state index contributed by atoms with van der Waals surface area (Å²) in [5.74, 6) is -2.28. The summed E-state index contributed by atoms with van der Waals surface area (Å²) in [5.41, 5.74) is 0.102. The van der Waals surface area contributed by atoms with E-state index >= 15 is 0 Å². The number of carbonyl (C=O) groups excluding carboxylic acids is 2. The zero-order chi connectivity index (χ0) is 19.9. The molecule has 0 aromatic rings. The van der Waals surface area contributed by atoms with Crippen molar-refractivity contribution in [2.24, 2.45) is 17.8 Å². The smallest absolute Gasteiger partial charge is 0.337 e. The molecule has 0 amide bonds. The van der Waals surface area contributed by atoms with E-state index in [1.54, 1.807) is 0 Å². The number of ether oxygens (including phenoxy) is 4. The molecule has 2 aliphatic heterocycles. The topological polar surface area (TPSA) is 152 Å². The van der Waals surface area contributed by atoms with E-state index in [-0.39, 0.29) is 23.7 Å². The van der Waals surface area contributed by atoms with Gasteiger partial charge in [-0.15, -0.1) is 0 Å². The van der Waals surface area contributed by atoms with Crippen LogP contribution in [-0.4, -0.2) is 82.9 Å². The highest BCUT2D eigenvalue weighted by Crippen LogP contribution is 2.45. The van der Waals surface area contributed by atoms with E-state index in [4.69, 9.17) is 18.9 Å². The maximum Gasteiger partial charge on any atom is 0.337 e. The van der Waals surface area contributed by atoms with Crippen LogP contribution >= 0.6 is 0 Å². The van der Waals surface area contributed by atoms with Gasteiger partial charge in [-0.3, -0.25) is 4.79 Å². The number of carbonyl (C=O) groups is 2. The third-order valence-corrected chi connectivity index (χ3v) is 5.43. The van der Waals surface area contributed by atoms with E-state index in [0.717, 1.165) is 6.26 Å². The van der Waals surface area contributed by atoms with Crippen molar-refractivity contribution in [3.05, 3.63) is 11.8 Å². The molecule has 0 unspecified atom stereocenters. The molecular formula is C17H24O10. The Hall–Kier alpha value is -1.56. The minimum absolute atomic E-state index is 0.102. The van der Waals surface area contributed by atoms with Gasteiger partial charge in [0.1, 0.15) is 30.2 Å². The first-order valence-electron chi connectivity index (χ1n) is 8.72. The van der Waals surface area contributed by atoms with Gasteiger partial charge in [-0.25, -0.2) is 4.79 Å². The average Bonchev–Trinajstić information content (AvgIpc) is 2.96. The molecule has 2 heterocycles. The summed E-state index contributed by atoms with van der Waals surface area (Å²) in [7, 11) is 1.21. The second-order valence-corrected chi connectivity index (χ2v) is 7.11. The van der Waals surface area contributed by atoms with Crippen LogP contribution in [0.15, 0.2) is 11.8 Å². The molecule has 1 saturated carbocycles. The van der Waals surface area contributed by atoms with Crippen LogP contribution in [0.3, 0.4) is 0 Å². The fraction of sp³-hybridized carbons (Fsp3) is 0.765. The lowest BCUT2D eigenvalue weighted by Crippen LogP contribution is -2.60. The summed E-state index contributed by atoms with van der Waals surface area (Å²) >= 11 is 0. The molecule has 1 aliphatic carbocycles. The van der Waals surface area contributed by atoms with Crippen molar-refractivity contribution in [2.45, 2.75) is 50.3 Å². The van der Waals surface area contributed by atoms with Crippen molar-refractivity contribution in [1.29, 1.82) is 0 Å². The van der Waals surface area contributed by atoms with Gasteiger partial charge in [0.2, 0.25) is 6.29 Å². The van der Waals surface area contributed by atoms with Crippen molar-refractivity contribution in [1.82, 2.24) is 0 Å². The highest BCUT2D eigenvalue weighted by molar-refractivity contribution is 5.99. The molecule has 0 spiro atoms. The predicted molar refractivity (Wildman–Crippen MR) is 85.6 cm³/mol. The zero-order valence-electron chi connectivity index (χ0n) is 14.9. The highest BCUT2D eigenvalue weighted by atomic mass is 16.8. The number of esters is 1. The largest absolute Gasteiger partial charge is 0.472 e. The molecule has 0 bridgehead atoms. The minimum Gasteiger partial charge on any atom is -0.472 e. The van der Waals surface area contributed by atoms with E-state index in [2.05, 4.69) is 0 Å². The Kier molecular flexibility index (Phi) is 5.84. The molecule has 2 fully saturated rings. The predicted octanol–water partition coefficient (Wildman–Crippen LogP) is -1.94. The SMILES string of the molecule is COC(=O)C1=CO[C@@H](O[C@H]2O[C@@H](CO)[C@@H](O)[C@@H](O)[C@H]2O)[C@H]2[C@@H]1C(=O)C[C@@H]2C.